The maximum atomic E-state index is 13.9. The molecule has 0 radical (unpaired) electrons. The summed E-state index contributed by atoms with van der Waals surface area (Å²) in [6.07, 6.45) is 0.428. The molecule has 0 fully saturated rings. The Kier molecular flexibility index (Phi) is 4.35. The minimum Gasteiger partial charge on any atom is -0.451 e. The number of hydrogen-bond acceptors (Lipinski definition) is 2. The van der Waals surface area contributed by atoms with Crippen LogP contribution in [0.4, 0.5) is 8.78 Å². The van der Waals surface area contributed by atoms with Crippen LogP contribution in [0.15, 0.2) is 30.3 Å². The lowest BCUT2D eigenvalue weighted by molar-refractivity contribution is 0.404. The van der Waals surface area contributed by atoms with Gasteiger partial charge in [-0.3, -0.25) is 0 Å². The second kappa shape index (κ2) is 6.01. The SMILES string of the molecule is Cc1cccc(Oc2c(F)cc(CCN)cc2F)c1C. The van der Waals surface area contributed by atoms with Crippen molar-refractivity contribution in [2.45, 2.75) is 20.3 Å². The van der Waals surface area contributed by atoms with E-state index in [-0.39, 0.29) is 5.75 Å². The van der Waals surface area contributed by atoms with Gasteiger partial charge in [0.15, 0.2) is 17.4 Å². The molecule has 0 aromatic heterocycles. The van der Waals surface area contributed by atoms with Crippen LogP contribution < -0.4 is 10.5 Å². The number of benzene rings is 2. The third-order valence-electron chi connectivity index (χ3n) is 3.26. The second-order valence-electron chi connectivity index (χ2n) is 4.73. The Morgan fingerprint density at radius 2 is 1.75 bits per heavy atom. The van der Waals surface area contributed by atoms with Crippen molar-refractivity contribution in [1.82, 2.24) is 0 Å². The molecule has 0 amide bonds. The van der Waals surface area contributed by atoms with Crippen LogP contribution in [-0.4, -0.2) is 6.54 Å². The Morgan fingerprint density at radius 1 is 1.10 bits per heavy atom. The van der Waals surface area contributed by atoms with Crippen LogP contribution in [0.2, 0.25) is 0 Å². The molecule has 2 rings (SSSR count). The summed E-state index contributed by atoms with van der Waals surface area (Å²) >= 11 is 0. The number of nitrogens with two attached hydrogens (primary N) is 1. The molecular formula is C16H17F2NO. The van der Waals surface area contributed by atoms with Gasteiger partial charge in [-0.15, -0.1) is 0 Å². The molecule has 0 saturated carbocycles. The highest BCUT2D eigenvalue weighted by atomic mass is 19.1. The predicted octanol–water partition coefficient (Wildman–Crippen LogP) is 3.88. The maximum absolute atomic E-state index is 13.9. The van der Waals surface area contributed by atoms with E-state index in [1.807, 2.05) is 19.9 Å². The second-order valence-corrected chi connectivity index (χ2v) is 4.73. The summed E-state index contributed by atoms with van der Waals surface area (Å²) in [4.78, 5) is 0. The van der Waals surface area contributed by atoms with Gasteiger partial charge in [0.2, 0.25) is 0 Å². The first-order chi connectivity index (χ1) is 9.52. The highest BCUT2D eigenvalue weighted by Crippen LogP contribution is 2.31. The number of rotatable bonds is 4. The van der Waals surface area contributed by atoms with Crippen molar-refractivity contribution >= 4 is 0 Å². The lowest BCUT2D eigenvalue weighted by Crippen LogP contribution is -2.04. The molecule has 0 bridgehead atoms. The van der Waals surface area contributed by atoms with Crippen LogP contribution in [0.25, 0.3) is 0 Å². The van der Waals surface area contributed by atoms with E-state index in [1.165, 1.54) is 12.1 Å². The summed E-state index contributed by atoms with van der Waals surface area (Å²) in [5.41, 5.74) is 7.77. The number of ether oxygens (including phenoxy) is 1. The van der Waals surface area contributed by atoms with E-state index in [2.05, 4.69) is 0 Å². The maximum Gasteiger partial charge on any atom is 0.198 e. The van der Waals surface area contributed by atoms with Crippen molar-refractivity contribution in [2.24, 2.45) is 5.73 Å². The molecule has 2 N–H and O–H groups in total. The van der Waals surface area contributed by atoms with E-state index in [0.29, 0.717) is 24.3 Å². The predicted molar refractivity (Wildman–Crippen MR) is 75.1 cm³/mol. The Hall–Kier alpha value is -1.94. The first kappa shape index (κ1) is 14.5. The van der Waals surface area contributed by atoms with E-state index in [0.717, 1.165) is 11.1 Å². The van der Waals surface area contributed by atoms with Crippen LogP contribution in [0.5, 0.6) is 11.5 Å². The summed E-state index contributed by atoms with van der Waals surface area (Å²) in [6, 6.07) is 7.91. The average Bonchev–Trinajstić information content (AvgIpc) is 2.39. The largest absolute Gasteiger partial charge is 0.451 e. The summed E-state index contributed by atoms with van der Waals surface area (Å²) in [5.74, 6) is -1.35. The van der Waals surface area contributed by atoms with E-state index in [9.17, 15) is 8.78 Å². The summed E-state index contributed by atoms with van der Waals surface area (Å²) < 4.78 is 33.3. The topological polar surface area (TPSA) is 35.2 Å². The van der Waals surface area contributed by atoms with E-state index < -0.39 is 11.6 Å². The Labute approximate surface area is 117 Å². The molecule has 0 aliphatic carbocycles. The minimum atomic E-state index is -0.714. The van der Waals surface area contributed by atoms with Crippen molar-refractivity contribution in [2.75, 3.05) is 6.54 Å². The Bertz CT molecular complexity index is 603. The fourth-order valence-electron chi connectivity index (χ4n) is 1.97. The van der Waals surface area contributed by atoms with Gasteiger partial charge in [0.05, 0.1) is 0 Å². The van der Waals surface area contributed by atoms with Gasteiger partial charge in [0, 0.05) is 0 Å². The van der Waals surface area contributed by atoms with Gasteiger partial charge in [-0.25, -0.2) is 8.78 Å². The molecule has 0 aliphatic heterocycles. The van der Waals surface area contributed by atoms with E-state index >= 15 is 0 Å². The lowest BCUT2D eigenvalue weighted by Gasteiger charge is -2.12. The third-order valence-corrected chi connectivity index (χ3v) is 3.26. The van der Waals surface area contributed by atoms with E-state index in [4.69, 9.17) is 10.5 Å². The zero-order chi connectivity index (χ0) is 14.7. The van der Waals surface area contributed by atoms with Gasteiger partial charge < -0.3 is 10.5 Å². The molecule has 0 atom stereocenters. The number of hydrogen-bond donors (Lipinski definition) is 1. The summed E-state index contributed by atoms with van der Waals surface area (Å²) in [5, 5.41) is 0. The molecule has 4 heteroatoms. The van der Waals surface area contributed by atoms with Crippen LogP contribution in [-0.2, 0) is 6.42 Å². The normalized spacial score (nSPS) is 10.7. The molecule has 0 unspecified atom stereocenters. The summed E-state index contributed by atoms with van der Waals surface area (Å²) in [6.45, 7) is 4.11. The summed E-state index contributed by atoms with van der Waals surface area (Å²) in [7, 11) is 0. The van der Waals surface area contributed by atoms with Gasteiger partial charge in [0.25, 0.3) is 0 Å². The Balaban J connectivity index is 2.36. The fraction of sp³-hybridized carbons (Fsp3) is 0.250. The zero-order valence-corrected chi connectivity index (χ0v) is 11.5. The molecular weight excluding hydrogens is 260 g/mol. The van der Waals surface area contributed by atoms with Crippen LogP contribution in [0, 0.1) is 25.5 Å². The van der Waals surface area contributed by atoms with Gasteiger partial charge >= 0.3 is 0 Å². The van der Waals surface area contributed by atoms with Gasteiger partial charge in [-0.05, 0) is 61.7 Å². The highest BCUT2D eigenvalue weighted by Gasteiger charge is 2.14. The van der Waals surface area contributed by atoms with Crippen LogP contribution >= 0.6 is 0 Å². The first-order valence-electron chi connectivity index (χ1n) is 6.45. The molecule has 0 heterocycles. The zero-order valence-electron chi connectivity index (χ0n) is 11.5. The van der Waals surface area contributed by atoms with Crippen molar-refractivity contribution in [3.05, 3.63) is 58.7 Å². The molecule has 20 heavy (non-hydrogen) atoms. The molecule has 0 spiro atoms. The molecule has 2 aromatic rings. The quantitative estimate of drug-likeness (QED) is 0.920. The monoisotopic (exact) mass is 277 g/mol. The van der Waals surface area contributed by atoms with Crippen LogP contribution in [0.3, 0.4) is 0 Å². The fourth-order valence-corrected chi connectivity index (χ4v) is 1.97. The first-order valence-corrected chi connectivity index (χ1v) is 6.45. The average molecular weight is 277 g/mol. The van der Waals surface area contributed by atoms with Crippen molar-refractivity contribution in [3.8, 4) is 11.5 Å². The highest BCUT2D eigenvalue weighted by molar-refractivity contribution is 5.42. The van der Waals surface area contributed by atoms with Gasteiger partial charge in [-0.2, -0.15) is 0 Å². The van der Waals surface area contributed by atoms with Gasteiger partial charge in [-0.1, -0.05) is 12.1 Å². The molecule has 2 nitrogen and oxygen atoms in total. The lowest BCUT2D eigenvalue weighted by atomic mass is 10.1. The molecule has 0 saturated heterocycles. The van der Waals surface area contributed by atoms with Gasteiger partial charge in [0.1, 0.15) is 5.75 Å². The van der Waals surface area contributed by atoms with Crippen molar-refractivity contribution in [1.29, 1.82) is 0 Å². The minimum absolute atomic E-state index is 0.343. The Morgan fingerprint density at radius 3 is 2.35 bits per heavy atom. The van der Waals surface area contributed by atoms with Crippen molar-refractivity contribution < 1.29 is 13.5 Å². The number of aryl methyl sites for hydroxylation is 1. The molecule has 106 valence electrons. The number of halogens is 2. The standard InChI is InChI=1S/C16H17F2NO/c1-10-4-3-5-15(11(10)2)20-16-13(17)8-12(6-7-19)9-14(16)18/h3-5,8-9H,6-7,19H2,1-2H3. The third kappa shape index (κ3) is 2.96. The molecule has 0 aliphatic rings. The molecule has 2 aromatic carbocycles. The smallest absolute Gasteiger partial charge is 0.198 e. The van der Waals surface area contributed by atoms with Crippen LogP contribution in [0.1, 0.15) is 16.7 Å². The van der Waals surface area contributed by atoms with Crippen molar-refractivity contribution in [3.63, 3.8) is 0 Å². The van der Waals surface area contributed by atoms with E-state index in [1.54, 1.807) is 12.1 Å².